The number of aryl methyl sites for hydroxylation is 2. The highest BCUT2D eigenvalue weighted by atomic mass is 32.1. The van der Waals surface area contributed by atoms with Crippen LogP contribution in [0.2, 0.25) is 0 Å². The van der Waals surface area contributed by atoms with Crippen LogP contribution in [-0.2, 0) is 12.8 Å². The van der Waals surface area contributed by atoms with Crippen LogP contribution in [0.25, 0.3) is 0 Å². The van der Waals surface area contributed by atoms with E-state index in [9.17, 15) is 9.18 Å². The van der Waals surface area contributed by atoms with Crippen molar-refractivity contribution in [3.8, 4) is 0 Å². The van der Waals surface area contributed by atoms with Crippen LogP contribution in [-0.4, -0.2) is 5.78 Å². The van der Waals surface area contributed by atoms with Gasteiger partial charge in [-0.15, -0.1) is 11.3 Å². The van der Waals surface area contributed by atoms with Gasteiger partial charge in [-0.2, -0.15) is 0 Å². The van der Waals surface area contributed by atoms with Crippen molar-refractivity contribution in [3.63, 3.8) is 0 Å². The first-order valence-electron chi connectivity index (χ1n) is 6.66. The molecule has 2 aromatic rings. The van der Waals surface area contributed by atoms with E-state index in [2.05, 4.69) is 0 Å². The zero-order valence-corrected chi connectivity index (χ0v) is 11.4. The van der Waals surface area contributed by atoms with Crippen molar-refractivity contribution in [2.24, 2.45) is 0 Å². The molecule has 1 nitrogen and oxygen atoms in total. The Kier molecular flexibility index (Phi) is 3.47. The summed E-state index contributed by atoms with van der Waals surface area (Å²) in [5.41, 5.74) is 1.47. The van der Waals surface area contributed by atoms with E-state index in [0.717, 1.165) is 12.8 Å². The highest BCUT2D eigenvalue weighted by Crippen LogP contribution is 2.30. The molecule has 3 heteroatoms. The fraction of sp³-hybridized carbons (Fsp3) is 0.312. The van der Waals surface area contributed by atoms with Crippen LogP contribution >= 0.6 is 11.3 Å². The summed E-state index contributed by atoms with van der Waals surface area (Å²) in [5.74, 6) is -0.618. The average Bonchev–Trinajstić information content (AvgIpc) is 2.70. The van der Waals surface area contributed by atoms with Gasteiger partial charge in [0.1, 0.15) is 5.82 Å². The molecule has 0 radical (unpaired) electrons. The van der Waals surface area contributed by atoms with Gasteiger partial charge in [0.05, 0.1) is 10.4 Å². The molecule has 0 N–H and O–H groups in total. The molecule has 19 heavy (non-hydrogen) atoms. The first kappa shape index (κ1) is 12.5. The van der Waals surface area contributed by atoms with Gasteiger partial charge >= 0.3 is 0 Å². The lowest BCUT2D eigenvalue weighted by molar-refractivity contribution is 0.103. The quantitative estimate of drug-likeness (QED) is 0.586. The number of carbonyl (C=O) groups excluding carboxylic acids is 1. The third-order valence-corrected chi connectivity index (χ3v) is 4.82. The van der Waals surface area contributed by atoms with Crippen molar-refractivity contribution >= 4 is 17.1 Å². The van der Waals surface area contributed by atoms with Gasteiger partial charge in [0.15, 0.2) is 0 Å². The van der Waals surface area contributed by atoms with Crippen LogP contribution in [0.4, 0.5) is 4.39 Å². The van der Waals surface area contributed by atoms with Gasteiger partial charge in [-0.05, 0) is 49.4 Å². The van der Waals surface area contributed by atoms with Crippen LogP contribution < -0.4 is 0 Å². The SMILES string of the molecule is O=C(c1cc2c(s1)CCCCC2)c1ccccc1F. The molecular weight excluding hydrogens is 259 g/mol. The van der Waals surface area contributed by atoms with Gasteiger partial charge in [-0.3, -0.25) is 4.79 Å². The molecule has 0 saturated carbocycles. The lowest BCUT2D eigenvalue weighted by Gasteiger charge is -1.99. The molecule has 3 rings (SSSR count). The predicted molar refractivity (Wildman–Crippen MR) is 75.4 cm³/mol. The Labute approximate surface area is 116 Å². The number of thiophene rings is 1. The molecule has 1 aliphatic rings. The second kappa shape index (κ2) is 5.25. The number of fused-ring (bicyclic) bond motifs is 1. The summed E-state index contributed by atoms with van der Waals surface area (Å²) in [6.45, 7) is 0. The lowest BCUT2D eigenvalue weighted by atomic mass is 10.1. The van der Waals surface area contributed by atoms with Crippen LogP contribution in [0, 0.1) is 5.82 Å². The Morgan fingerprint density at radius 2 is 1.89 bits per heavy atom. The summed E-state index contributed by atoms with van der Waals surface area (Å²) in [6.07, 6.45) is 5.76. The van der Waals surface area contributed by atoms with E-state index >= 15 is 0 Å². The topological polar surface area (TPSA) is 17.1 Å². The summed E-state index contributed by atoms with van der Waals surface area (Å²) in [6, 6.07) is 8.18. The molecular formula is C16H15FOS. The van der Waals surface area contributed by atoms with Gasteiger partial charge in [0.25, 0.3) is 0 Å². The van der Waals surface area contributed by atoms with E-state index in [1.165, 1.54) is 35.8 Å². The number of hydrogen-bond donors (Lipinski definition) is 0. The van der Waals surface area contributed by atoms with Crippen molar-refractivity contribution in [1.29, 1.82) is 0 Å². The molecule has 1 aromatic heterocycles. The number of hydrogen-bond acceptors (Lipinski definition) is 2. The van der Waals surface area contributed by atoms with Gasteiger partial charge in [-0.25, -0.2) is 4.39 Å². The van der Waals surface area contributed by atoms with Crippen LogP contribution in [0.15, 0.2) is 30.3 Å². The van der Waals surface area contributed by atoms with E-state index in [-0.39, 0.29) is 11.3 Å². The second-order valence-electron chi connectivity index (χ2n) is 4.93. The van der Waals surface area contributed by atoms with Crippen LogP contribution in [0.5, 0.6) is 0 Å². The summed E-state index contributed by atoms with van der Waals surface area (Å²) < 4.78 is 13.7. The first-order valence-corrected chi connectivity index (χ1v) is 7.48. The molecule has 0 bridgehead atoms. The highest BCUT2D eigenvalue weighted by Gasteiger charge is 2.19. The number of ketones is 1. The summed E-state index contributed by atoms with van der Waals surface area (Å²) in [5, 5.41) is 0. The van der Waals surface area contributed by atoms with E-state index in [0.29, 0.717) is 4.88 Å². The minimum absolute atomic E-state index is 0.180. The molecule has 0 amide bonds. The Bertz CT molecular complexity index is 591. The summed E-state index contributed by atoms with van der Waals surface area (Å²) in [7, 11) is 0. The highest BCUT2D eigenvalue weighted by molar-refractivity contribution is 7.14. The maximum Gasteiger partial charge on any atom is 0.205 e. The maximum atomic E-state index is 13.7. The predicted octanol–water partition coefficient (Wildman–Crippen LogP) is 4.39. The molecule has 0 atom stereocenters. The van der Waals surface area contributed by atoms with Crippen LogP contribution in [0.3, 0.4) is 0 Å². The van der Waals surface area contributed by atoms with Gasteiger partial charge in [0.2, 0.25) is 5.78 Å². The van der Waals surface area contributed by atoms with Crippen LogP contribution in [0.1, 0.15) is 44.9 Å². The largest absolute Gasteiger partial charge is 0.288 e. The fourth-order valence-electron chi connectivity index (χ4n) is 2.56. The standard InChI is InChI=1S/C16H15FOS/c17-13-8-5-4-7-12(13)16(18)15-10-11-6-2-1-3-9-14(11)19-15/h4-5,7-8,10H,1-3,6,9H2. The number of rotatable bonds is 2. The fourth-order valence-corrected chi connectivity index (χ4v) is 3.77. The van der Waals surface area contributed by atoms with Crippen molar-refractivity contribution in [3.05, 3.63) is 57.0 Å². The Balaban J connectivity index is 1.95. The van der Waals surface area contributed by atoms with Crippen molar-refractivity contribution in [1.82, 2.24) is 0 Å². The minimum atomic E-state index is -0.434. The smallest absolute Gasteiger partial charge is 0.205 e. The molecule has 0 unspecified atom stereocenters. The third-order valence-electron chi connectivity index (χ3n) is 3.59. The minimum Gasteiger partial charge on any atom is -0.288 e. The number of carbonyl (C=O) groups is 1. The van der Waals surface area contributed by atoms with E-state index in [4.69, 9.17) is 0 Å². The zero-order valence-electron chi connectivity index (χ0n) is 10.6. The monoisotopic (exact) mass is 274 g/mol. The molecule has 0 saturated heterocycles. The maximum absolute atomic E-state index is 13.7. The number of benzene rings is 1. The Morgan fingerprint density at radius 1 is 1.11 bits per heavy atom. The zero-order chi connectivity index (χ0) is 13.2. The lowest BCUT2D eigenvalue weighted by Crippen LogP contribution is -2.01. The first-order chi connectivity index (χ1) is 9.25. The molecule has 1 heterocycles. The molecule has 0 aliphatic heterocycles. The Morgan fingerprint density at radius 3 is 2.74 bits per heavy atom. The van der Waals surface area contributed by atoms with Crippen molar-refractivity contribution in [2.75, 3.05) is 0 Å². The van der Waals surface area contributed by atoms with E-state index in [1.807, 2.05) is 6.07 Å². The van der Waals surface area contributed by atoms with E-state index in [1.54, 1.807) is 29.5 Å². The number of halogens is 1. The summed E-state index contributed by atoms with van der Waals surface area (Å²) >= 11 is 1.54. The normalized spacial score (nSPS) is 14.8. The summed E-state index contributed by atoms with van der Waals surface area (Å²) in [4.78, 5) is 14.3. The molecule has 0 spiro atoms. The average molecular weight is 274 g/mol. The van der Waals surface area contributed by atoms with Gasteiger partial charge in [-0.1, -0.05) is 18.6 Å². The Hall–Kier alpha value is -1.48. The van der Waals surface area contributed by atoms with E-state index < -0.39 is 5.82 Å². The molecule has 98 valence electrons. The third kappa shape index (κ3) is 2.47. The molecule has 1 aliphatic carbocycles. The van der Waals surface area contributed by atoms with Crippen molar-refractivity contribution < 1.29 is 9.18 Å². The van der Waals surface area contributed by atoms with Gasteiger partial charge < -0.3 is 0 Å². The van der Waals surface area contributed by atoms with Gasteiger partial charge in [0, 0.05) is 4.88 Å². The molecule has 0 fully saturated rings. The second-order valence-corrected chi connectivity index (χ2v) is 6.07. The molecule has 1 aromatic carbocycles. The van der Waals surface area contributed by atoms with Crippen molar-refractivity contribution in [2.45, 2.75) is 32.1 Å².